The number of methoxy groups -OCH3 is 1. The summed E-state index contributed by atoms with van der Waals surface area (Å²) in [5, 5.41) is 8.82. The smallest absolute Gasteiger partial charge is 0.295 e. The van der Waals surface area contributed by atoms with Crippen molar-refractivity contribution in [3.8, 4) is 5.88 Å². The third-order valence-corrected chi connectivity index (χ3v) is 4.73. The van der Waals surface area contributed by atoms with Gasteiger partial charge >= 0.3 is 0 Å². The van der Waals surface area contributed by atoms with E-state index < -0.39 is 10.1 Å². The van der Waals surface area contributed by atoms with Crippen molar-refractivity contribution in [2.24, 2.45) is 10.2 Å². The van der Waals surface area contributed by atoms with Crippen LogP contribution in [0.15, 0.2) is 63.8 Å². The number of pyridine rings is 1. The van der Waals surface area contributed by atoms with Crippen LogP contribution in [0, 0.1) is 0 Å². The Morgan fingerprint density at radius 1 is 1.11 bits per heavy atom. The van der Waals surface area contributed by atoms with Gasteiger partial charge in [0, 0.05) is 23.9 Å². The Kier molecular flexibility index (Phi) is 5.83. The second-order valence-corrected chi connectivity index (χ2v) is 7.11. The first-order chi connectivity index (χ1) is 13.4. The van der Waals surface area contributed by atoms with E-state index in [-0.39, 0.29) is 16.3 Å². The number of nitrogens with zero attached hydrogens (tertiary/aromatic N) is 3. The van der Waals surface area contributed by atoms with Gasteiger partial charge in [-0.15, -0.1) is 10.2 Å². The highest BCUT2D eigenvalue weighted by Crippen LogP contribution is 2.36. The molecule has 0 saturated carbocycles. The van der Waals surface area contributed by atoms with E-state index in [1.807, 2.05) is 0 Å². The van der Waals surface area contributed by atoms with Gasteiger partial charge in [-0.2, -0.15) is 8.42 Å². The number of ether oxygens (including phenoxy) is 2. The molecule has 3 aromatic rings. The van der Waals surface area contributed by atoms with E-state index in [9.17, 15) is 13.0 Å². The van der Waals surface area contributed by atoms with Crippen LogP contribution in [0.4, 0.5) is 17.1 Å². The normalized spacial score (nSPS) is 11.9. The molecule has 9 nitrogen and oxygen atoms in total. The Morgan fingerprint density at radius 3 is 2.50 bits per heavy atom. The zero-order chi connectivity index (χ0) is 20.1. The van der Waals surface area contributed by atoms with Crippen LogP contribution >= 0.6 is 0 Å². The lowest BCUT2D eigenvalue weighted by atomic mass is 10.1. The topological polar surface area (TPSA) is 136 Å². The minimum Gasteiger partial charge on any atom is -0.475 e. The first-order valence-corrected chi connectivity index (χ1v) is 9.62. The number of anilines is 1. The lowest BCUT2D eigenvalue weighted by molar-refractivity contribution is 0.144. The molecule has 10 heteroatoms. The molecule has 1 aromatic heterocycles. The first-order valence-electron chi connectivity index (χ1n) is 8.18. The quantitative estimate of drug-likeness (QED) is 0.267. The summed E-state index contributed by atoms with van der Waals surface area (Å²) in [6.45, 7) is 0.816. The molecule has 0 saturated heterocycles. The Labute approximate surface area is 161 Å². The molecule has 0 amide bonds. The molecular formula is C18H18N4O5S. The standard InChI is InChI=1S/C18H18N4O5S/c1-26-8-9-27-17-7-6-12(11-20-17)21-22-15-10-16(28(23,24)25)13-4-2-3-5-14(13)18(15)19/h2-7,10-11H,8-9,19H2,1H3,(H,23,24,25). The minimum atomic E-state index is -4.46. The summed E-state index contributed by atoms with van der Waals surface area (Å²) in [5.74, 6) is 0.412. The molecule has 146 valence electrons. The number of hydrogen-bond donors (Lipinski definition) is 2. The van der Waals surface area contributed by atoms with E-state index in [1.165, 1.54) is 12.3 Å². The molecule has 1 heterocycles. The summed E-state index contributed by atoms with van der Waals surface area (Å²) in [7, 11) is -2.89. The number of azo groups is 1. The largest absolute Gasteiger partial charge is 0.475 e. The van der Waals surface area contributed by atoms with Gasteiger partial charge in [-0.05, 0) is 12.1 Å². The van der Waals surface area contributed by atoms with Gasteiger partial charge < -0.3 is 15.2 Å². The SMILES string of the molecule is COCCOc1ccc(N=Nc2cc(S(=O)(=O)O)c3ccccc3c2N)cn1. The zero-order valence-electron chi connectivity index (χ0n) is 14.9. The Bertz CT molecular complexity index is 1110. The zero-order valence-corrected chi connectivity index (χ0v) is 15.8. The van der Waals surface area contributed by atoms with Crippen LogP contribution in [0.2, 0.25) is 0 Å². The molecule has 0 radical (unpaired) electrons. The van der Waals surface area contributed by atoms with Gasteiger partial charge in [0.05, 0.1) is 18.5 Å². The van der Waals surface area contributed by atoms with Crippen molar-refractivity contribution in [1.82, 2.24) is 4.98 Å². The van der Waals surface area contributed by atoms with E-state index in [1.54, 1.807) is 43.5 Å². The summed E-state index contributed by atoms with van der Waals surface area (Å²) in [6, 6.07) is 11.0. The summed E-state index contributed by atoms with van der Waals surface area (Å²) in [5.41, 5.74) is 6.89. The molecule has 3 N–H and O–H groups in total. The van der Waals surface area contributed by atoms with Gasteiger partial charge in [-0.3, -0.25) is 4.55 Å². The highest BCUT2D eigenvalue weighted by Gasteiger charge is 2.18. The number of nitrogen functional groups attached to an aromatic ring is 1. The fourth-order valence-electron chi connectivity index (χ4n) is 2.50. The molecular weight excluding hydrogens is 384 g/mol. The molecule has 0 aliphatic heterocycles. The van der Waals surface area contributed by atoms with Gasteiger partial charge in [-0.25, -0.2) is 4.98 Å². The predicted octanol–water partition coefficient (Wildman–Crippen LogP) is 3.50. The fourth-order valence-corrected chi connectivity index (χ4v) is 3.22. The Hall–Kier alpha value is -3.08. The second-order valence-electron chi connectivity index (χ2n) is 5.72. The molecule has 2 aromatic carbocycles. The number of nitrogens with two attached hydrogens (primary N) is 1. The number of rotatable bonds is 7. The summed E-state index contributed by atoms with van der Waals surface area (Å²) in [4.78, 5) is 3.81. The average Bonchev–Trinajstić information content (AvgIpc) is 2.68. The van der Waals surface area contributed by atoms with E-state index in [4.69, 9.17) is 15.2 Å². The summed E-state index contributed by atoms with van der Waals surface area (Å²) >= 11 is 0. The molecule has 0 atom stereocenters. The van der Waals surface area contributed by atoms with Crippen LogP contribution in [-0.2, 0) is 14.9 Å². The van der Waals surface area contributed by atoms with Gasteiger partial charge in [0.1, 0.15) is 22.9 Å². The van der Waals surface area contributed by atoms with Crippen LogP contribution in [0.25, 0.3) is 10.8 Å². The Morgan fingerprint density at radius 2 is 1.86 bits per heavy atom. The maximum Gasteiger partial charge on any atom is 0.295 e. The van der Waals surface area contributed by atoms with Crippen molar-refractivity contribution < 1.29 is 22.4 Å². The Balaban J connectivity index is 1.93. The first kappa shape index (κ1) is 19.7. The van der Waals surface area contributed by atoms with E-state index in [2.05, 4.69) is 15.2 Å². The molecule has 0 spiro atoms. The molecule has 0 aliphatic rings. The van der Waals surface area contributed by atoms with Gasteiger partial charge in [-0.1, -0.05) is 24.3 Å². The molecule has 0 bridgehead atoms. The van der Waals surface area contributed by atoms with Gasteiger partial charge in [0.15, 0.2) is 0 Å². The number of benzene rings is 2. The molecule has 3 rings (SSSR count). The maximum atomic E-state index is 11.7. The summed E-state index contributed by atoms with van der Waals surface area (Å²) < 4.78 is 43.3. The van der Waals surface area contributed by atoms with Gasteiger partial charge in [0.2, 0.25) is 5.88 Å². The van der Waals surface area contributed by atoms with E-state index in [0.717, 1.165) is 0 Å². The predicted molar refractivity (Wildman–Crippen MR) is 104 cm³/mol. The van der Waals surface area contributed by atoms with E-state index >= 15 is 0 Å². The van der Waals surface area contributed by atoms with Crippen molar-refractivity contribution in [3.05, 3.63) is 48.7 Å². The van der Waals surface area contributed by atoms with Crippen LogP contribution in [0.5, 0.6) is 5.88 Å². The highest BCUT2D eigenvalue weighted by atomic mass is 32.2. The maximum absolute atomic E-state index is 11.7. The number of aromatic nitrogens is 1. The third-order valence-electron chi connectivity index (χ3n) is 3.84. The molecule has 0 aliphatic carbocycles. The minimum absolute atomic E-state index is 0.117. The lowest BCUT2D eigenvalue weighted by Crippen LogP contribution is -2.04. The lowest BCUT2D eigenvalue weighted by Gasteiger charge is -2.09. The van der Waals surface area contributed by atoms with E-state index in [0.29, 0.717) is 35.6 Å². The average molecular weight is 402 g/mol. The molecule has 28 heavy (non-hydrogen) atoms. The van der Waals surface area contributed by atoms with Crippen molar-refractivity contribution in [2.45, 2.75) is 4.90 Å². The van der Waals surface area contributed by atoms with Crippen molar-refractivity contribution >= 4 is 38.0 Å². The highest BCUT2D eigenvalue weighted by molar-refractivity contribution is 7.86. The summed E-state index contributed by atoms with van der Waals surface area (Å²) in [6.07, 6.45) is 1.45. The van der Waals surface area contributed by atoms with Crippen LogP contribution in [0.1, 0.15) is 0 Å². The second kappa shape index (κ2) is 8.30. The molecule has 0 fully saturated rings. The third kappa shape index (κ3) is 4.42. The van der Waals surface area contributed by atoms with Crippen LogP contribution in [0.3, 0.4) is 0 Å². The van der Waals surface area contributed by atoms with Crippen molar-refractivity contribution in [2.75, 3.05) is 26.1 Å². The van der Waals surface area contributed by atoms with Crippen molar-refractivity contribution in [3.63, 3.8) is 0 Å². The number of fused-ring (bicyclic) bond motifs is 1. The number of hydrogen-bond acceptors (Lipinski definition) is 8. The molecule has 0 unspecified atom stereocenters. The van der Waals surface area contributed by atoms with Crippen LogP contribution < -0.4 is 10.5 Å². The van der Waals surface area contributed by atoms with Gasteiger partial charge in [0.25, 0.3) is 10.1 Å². The van der Waals surface area contributed by atoms with Crippen LogP contribution in [-0.4, -0.2) is 38.3 Å². The fraction of sp³-hybridized carbons (Fsp3) is 0.167. The van der Waals surface area contributed by atoms with Crippen molar-refractivity contribution in [1.29, 1.82) is 0 Å². The monoisotopic (exact) mass is 402 g/mol.